The molecule has 1 heterocycles. The third-order valence-electron chi connectivity index (χ3n) is 4.17. The lowest BCUT2D eigenvalue weighted by molar-refractivity contribution is -0.125. The predicted octanol–water partition coefficient (Wildman–Crippen LogP) is 0.911. The number of hydrogen-bond acceptors (Lipinski definition) is 4. The fourth-order valence-corrected chi connectivity index (χ4v) is 3.67. The van der Waals surface area contributed by atoms with Crippen LogP contribution in [-0.4, -0.2) is 58.1 Å². The number of likely N-dealkylation sites (N-methyl/N-ethyl adjacent to an activating group) is 1. The topological polar surface area (TPSA) is 69.7 Å². The van der Waals surface area contributed by atoms with E-state index in [9.17, 15) is 13.2 Å². The van der Waals surface area contributed by atoms with Crippen molar-refractivity contribution in [3.05, 3.63) is 30.3 Å². The zero-order valence-electron chi connectivity index (χ0n) is 13.7. The maximum absolute atomic E-state index is 12.2. The van der Waals surface area contributed by atoms with E-state index in [0.29, 0.717) is 26.2 Å². The quantitative estimate of drug-likeness (QED) is 0.836. The Bertz CT molecular complexity index is 619. The normalized spacial score (nSPS) is 19.3. The minimum absolute atomic E-state index is 0.0557. The summed E-state index contributed by atoms with van der Waals surface area (Å²) in [6.07, 6.45) is 2.67. The molecule has 23 heavy (non-hydrogen) atoms. The van der Waals surface area contributed by atoms with Crippen molar-refractivity contribution in [3.63, 3.8) is 0 Å². The molecule has 1 saturated heterocycles. The summed E-state index contributed by atoms with van der Waals surface area (Å²) in [6.45, 7) is 2.05. The van der Waals surface area contributed by atoms with Crippen LogP contribution in [0.3, 0.4) is 0 Å². The van der Waals surface area contributed by atoms with Crippen molar-refractivity contribution >= 4 is 21.6 Å². The van der Waals surface area contributed by atoms with Gasteiger partial charge in [0.15, 0.2) is 0 Å². The van der Waals surface area contributed by atoms with Gasteiger partial charge in [-0.1, -0.05) is 18.2 Å². The summed E-state index contributed by atoms with van der Waals surface area (Å²) in [5.74, 6) is -0.305. The van der Waals surface area contributed by atoms with Crippen LogP contribution in [-0.2, 0) is 14.8 Å². The Hall–Kier alpha value is -1.60. The maximum Gasteiger partial charge on any atom is 0.224 e. The molecule has 1 N–H and O–H groups in total. The molecule has 1 atom stereocenters. The molecule has 0 aromatic heterocycles. The monoisotopic (exact) mass is 339 g/mol. The van der Waals surface area contributed by atoms with Crippen molar-refractivity contribution in [1.82, 2.24) is 9.62 Å². The fourth-order valence-electron chi connectivity index (χ4n) is 2.76. The standard InChI is InChI=1S/C16H25N3O3S/c1-18(15-8-4-3-5-9-15)12-10-17-16(20)14-7-6-11-19(13-14)23(2,21)22/h3-5,8-9,14H,6-7,10-13H2,1-2H3,(H,17,20)/t14-/m1/s1. The number of amides is 1. The largest absolute Gasteiger partial charge is 0.373 e. The van der Waals surface area contributed by atoms with E-state index in [1.807, 2.05) is 37.4 Å². The van der Waals surface area contributed by atoms with Crippen LogP contribution in [0.1, 0.15) is 12.8 Å². The Morgan fingerprint density at radius 3 is 2.70 bits per heavy atom. The van der Waals surface area contributed by atoms with Crippen molar-refractivity contribution in [2.45, 2.75) is 12.8 Å². The number of sulfonamides is 1. The number of para-hydroxylation sites is 1. The second-order valence-electron chi connectivity index (χ2n) is 6.01. The molecular weight excluding hydrogens is 314 g/mol. The van der Waals surface area contributed by atoms with E-state index >= 15 is 0 Å². The number of benzene rings is 1. The Morgan fingerprint density at radius 1 is 1.35 bits per heavy atom. The van der Waals surface area contributed by atoms with Crippen LogP contribution < -0.4 is 10.2 Å². The van der Waals surface area contributed by atoms with Crippen molar-refractivity contribution in [1.29, 1.82) is 0 Å². The third-order valence-corrected chi connectivity index (χ3v) is 5.44. The van der Waals surface area contributed by atoms with E-state index < -0.39 is 10.0 Å². The molecule has 1 aromatic carbocycles. The van der Waals surface area contributed by atoms with E-state index in [-0.39, 0.29) is 11.8 Å². The molecule has 1 amide bonds. The summed E-state index contributed by atoms with van der Waals surface area (Å²) in [5.41, 5.74) is 1.10. The summed E-state index contributed by atoms with van der Waals surface area (Å²) >= 11 is 0. The molecule has 0 bridgehead atoms. The third kappa shape index (κ3) is 5.21. The Kier molecular flexibility index (Phi) is 6.01. The molecule has 1 aromatic rings. The van der Waals surface area contributed by atoms with E-state index in [1.54, 1.807) is 0 Å². The summed E-state index contributed by atoms with van der Waals surface area (Å²) in [6, 6.07) is 9.97. The maximum atomic E-state index is 12.2. The lowest BCUT2D eigenvalue weighted by Gasteiger charge is -2.30. The van der Waals surface area contributed by atoms with Gasteiger partial charge in [-0.05, 0) is 25.0 Å². The molecule has 128 valence electrons. The van der Waals surface area contributed by atoms with Gasteiger partial charge in [0.1, 0.15) is 0 Å². The van der Waals surface area contributed by atoms with Gasteiger partial charge in [0.25, 0.3) is 0 Å². The van der Waals surface area contributed by atoms with Crippen molar-refractivity contribution in [3.8, 4) is 0 Å². The molecule has 1 fully saturated rings. The smallest absolute Gasteiger partial charge is 0.224 e. The van der Waals surface area contributed by atoms with E-state index in [0.717, 1.165) is 18.5 Å². The Morgan fingerprint density at radius 2 is 2.04 bits per heavy atom. The minimum atomic E-state index is -3.22. The highest BCUT2D eigenvalue weighted by Crippen LogP contribution is 2.18. The predicted molar refractivity (Wildman–Crippen MR) is 91.9 cm³/mol. The summed E-state index contributed by atoms with van der Waals surface area (Å²) in [5, 5.41) is 2.92. The highest BCUT2D eigenvalue weighted by atomic mass is 32.2. The van der Waals surface area contributed by atoms with Crippen molar-refractivity contribution < 1.29 is 13.2 Å². The number of nitrogens with zero attached hydrogens (tertiary/aromatic N) is 2. The van der Waals surface area contributed by atoms with Crippen LogP contribution in [0, 0.1) is 5.92 Å². The minimum Gasteiger partial charge on any atom is -0.373 e. The van der Waals surface area contributed by atoms with Gasteiger partial charge >= 0.3 is 0 Å². The van der Waals surface area contributed by atoms with Gasteiger partial charge in [0.05, 0.1) is 12.2 Å². The van der Waals surface area contributed by atoms with Gasteiger partial charge in [-0.25, -0.2) is 12.7 Å². The number of piperidine rings is 1. The zero-order chi connectivity index (χ0) is 16.9. The highest BCUT2D eigenvalue weighted by molar-refractivity contribution is 7.88. The molecule has 0 saturated carbocycles. The number of nitrogens with one attached hydrogen (secondary N) is 1. The zero-order valence-corrected chi connectivity index (χ0v) is 14.6. The van der Waals surface area contributed by atoms with E-state index in [4.69, 9.17) is 0 Å². The average Bonchev–Trinajstić information content (AvgIpc) is 2.54. The number of anilines is 1. The van der Waals surface area contributed by atoms with Crippen LogP contribution in [0.25, 0.3) is 0 Å². The van der Waals surface area contributed by atoms with Gasteiger partial charge in [0, 0.05) is 38.9 Å². The van der Waals surface area contributed by atoms with Gasteiger partial charge in [0.2, 0.25) is 15.9 Å². The molecule has 2 rings (SSSR count). The second kappa shape index (κ2) is 7.79. The Balaban J connectivity index is 1.78. The van der Waals surface area contributed by atoms with Gasteiger partial charge in [-0.15, -0.1) is 0 Å². The second-order valence-corrected chi connectivity index (χ2v) is 7.99. The number of carbonyl (C=O) groups excluding carboxylic acids is 1. The molecule has 7 heteroatoms. The summed E-state index contributed by atoms with van der Waals surface area (Å²) < 4.78 is 24.6. The first-order chi connectivity index (χ1) is 10.9. The molecule has 0 aliphatic carbocycles. The van der Waals surface area contributed by atoms with Crippen LogP contribution in [0.5, 0.6) is 0 Å². The van der Waals surface area contributed by atoms with Crippen LogP contribution in [0.2, 0.25) is 0 Å². The van der Waals surface area contributed by atoms with Gasteiger partial charge < -0.3 is 10.2 Å². The van der Waals surface area contributed by atoms with E-state index in [1.165, 1.54) is 10.6 Å². The molecule has 1 aliphatic heterocycles. The lowest BCUT2D eigenvalue weighted by Crippen LogP contribution is -2.46. The van der Waals surface area contributed by atoms with Gasteiger partial charge in [-0.2, -0.15) is 0 Å². The highest BCUT2D eigenvalue weighted by Gasteiger charge is 2.29. The first-order valence-electron chi connectivity index (χ1n) is 7.87. The Labute approximate surface area is 138 Å². The first-order valence-corrected chi connectivity index (χ1v) is 9.72. The van der Waals surface area contributed by atoms with Crippen molar-refractivity contribution in [2.75, 3.05) is 44.4 Å². The molecule has 0 unspecified atom stereocenters. The van der Waals surface area contributed by atoms with Crippen LogP contribution >= 0.6 is 0 Å². The SMILES string of the molecule is CN(CCNC(=O)[C@@H]1CCCN(S(C)(=O)=O)C1)c1ccccc1. The number of rotatable bonds is 6. The number of hydrogen-bond donors (Lipinski definition) is 1. The molecular formula is C16H25N3O3S. The van der Waals surface area contributed by atoms with Crippen molar-refractivity contribution in [2.24, 2.45) is 5.92 Å². The van der Waals surface area contributed by atoms with Gasteiger partial charge in [-0.3, -0.25) is 4.79 Å². The number of carbonyl (C=O) groups is 1. The average molecular weight is 339 g/mol. The van der Waals surface area contributed by atoms with Crippen LogP contribution in [0.4, 0.5) is 5.69 Å². The summed E-state index contributed by atoms with van der Waals surface area (Å²) in [7, 11) is -1.24. The lowest BCUT2D eigenvalue weighted by atomic mass is 9.99. The molecule has 1 aliphatic rings. The molecule has 0 radical (unpaired) electrons. The molecule has 0 spiro atoms. The summed E-state index contributed by atoms with van der Waals surface area (Å²) in [4.78, 5) is 14.3. The van der Waals surface area contributed by atoms with E-state index in [2.05, 4.69) is 10.2 Å². The van der Waals surface area contributed by atoms with Crippen LogP contribution in [0.15, 0.2) is 30.3 Å². The first kappa shape index (κ1) is 17.7. The fraction of sp³-hybridized carbons (Fsp3) is 0.562. The molecule has 6 nitrogen and oxygen atoms in total.